The molecule has 0 radical (unpaired) electrons. The van der Waals surface area contributed by atoms with Crippen molar-refractivity contribution in [3.63, 3.8) is 0 Å². The molecule has 0 bridgehead atoms. The summed E-state index contributed by atoms with van der Waals surface area (Å²) < 4.78 is 22.9. The number of rotatable bonds is 7. The van der Waals surface area contributed by atoms with Crippen molar-refractivity contribution >= 4 is 5.91 Å². The van der Waals surface area contributed by atoms with Gasteiger partial charge in [-0.25, -0.2) is 0 Å². The van der Waals surface area contributed by atoms with E-state index in [0.29, 0.717) is 23.6 Å². The SMILES string of the molecule is COc1cccc(OC)c1[C@@H]1OC(C)C(=O)N1Cc1ccc(Oc2ccccc2)cc1. The molecule has 1 aliphatic heterocycles. The standard InChI is InChI=1S/C25H25NO5/c1-17-24(27)26(25(30-17)23-21(28-2)10-7-11-22(23)29-3)16-18-12-14-20(15-13-18)31-19-8-5-4-6-9-19/h4-15,17,25H,16H2,1-3H3/t17?,25-/m0/s1. The Hall–Kier alpha value is -3.51. The van der Waals surface area contributed by atoms with Gasteiger partial charge in [-0.15, -0.1) is 0 Å². The molecular formula is C25H25NO5. The molecule has 31 heavy (non-hydrogen) atoms. The van der Waals surface area contributed by atoms with Gasteiger partial charge in [-0.05, 0) is 48.9 Å². The van der Waals surface area contributed by atoms with E-state index in [1.807, 2.05) is 72.8 Å². The van der Waals surface area contributed by atoms with Crippen LogP contribution >= 0.6 is 0 Å². The van der Waals surface area contributed by atoms with Crippen molar-refractivity contribution in [3.05, 3.63) is 83.9 Å². The molecule has 1 unspecified atom stereocenters. The lowest BCUT2D eigenvalue weighted by molar-refractivity contribution is -0.130. The summed E-state index contributed by atoms with van der Waals surface area (Å²) in [6.07, 6.45) is -1.16. The highest BCUT2D eigenvalue weighted by atomic mass is 16.5. The normalized spacial score (nSPS) is 18.2. The molecule has 2 atom stereocenters. The summed E-state index contributed by atoms with van der Waals surface area (Å²) in [5, 5.41) is 0. The maximum absolute atomic E-state index is 12.9. The number of hydrogen-bond donors (Lipinski definition) is 0. The Kier molecular flexibility index (Phi) is 6.09. The molecule has 3 aromatic carbocycles. The topological polar surface area (TPSA) is 57.2 Å². The Morgan fingerprint density at radius 2 is 1.45 bits per heavy atom. The summed E-state index contributed by atoms with van der Waals surface area (Å²) in [7, 11) is 3.18. The first-order chi connectivity index (χ1) is 15.1. The summed E-state index contributed by atoms with van der Waals surface area (Å²) >= 11 is 0. The van der Waals surface area contributed by atoms with Crippen LogP contribution in [0.4, 0.5) is 0 Å². The van der Waals surface area contributed by atoms with E-state index in [1.54, 1.807) is 26.0 Å². The van der Waals surface area contributed by atoms with E-state index in [-0.39, 0.29) is 5.91 Å². The van der Waals surface area contributed by atoms with Crippen molar-refractivity contribution in [2.45, 2.75) is 25.8 Å². The van der Waals surface area contributed by atoms with Crippen molar-refractivity contribution in [1.82, 2.24) is 4.90 Å². The van der Waals surface area contributed by atoms with Crippen molar-refractivity contribution in [1.29, 1.82) is 0 Å². The van der Waals surface area contributed by atoms with E-state index in [2.05, 4.69) is 0 Å². The average Bonchev–Trinajstić information content (AvgIpc) is 3.08. The molecule has 1 fully saturated rings. The average molecular weight is 419 g/mol. The highest BCUT2D eigenvalue weighted by Crippen LogP contribution is 2.42. The van der Waals surface area contributed by atoms with Gasteiger partial charge in [-0.1, -0.05) is 36.4 Å². The molecule has 0 N–H and O–H groups in total. The third-order valence-electron chi connectivity index (χ3n) is 5.22. The van der Waals surface area contributed by atoms with E-state index in [4.69, 9.17) is 18.9 Å². The van der Waals surface area contributed by atoms with Gasteiger partial charge in [-0.3, -0.25) is 4.79 Å². The van der Waals surface area contributed by atoms with Crippen molar-refractivity contribution in [2.24, 2.45) is 0 Å². The van der Waals surface area contributed by atoms with Gasteiger partial charge in [0.05, 0.1) is 19.8 Å². The maximum Gasteiger partial charge on any atom is 0.254 e. The molecule has 6 nitrogen and oxygen atoms in total. The highest BCUT2D eigenvalue weighted by Gasteiger charge is 2.41. The molecule has 1 heterocycles. The highest BCUT2D eigenvalue weighted by molar-refractivity contribution is 5.83. The van der Waals surface area contributed by atoms with Crippen LogP contribution in [-0.4, -0.2) is 31.1 Å². The summed E-state index contributed by atoms with van der Waals surface area (Å²) in [5.41, 5.74) is 1.67. The van der Waals surface area contributed by atoms with Crippen LogP contribution in [-0.2, 0) is 16.1 Å². The molecule has 1 amide bonds. The van der Waals surface area contributed by atoms with Gasteiger partial charge in [0.2, 0.25) is 0 Å². The molecule has 0 aliphatic carbocycles. The van der Waals surface area contributed by atoms with Crippen LogP contribution in [0.5, 0.6) is 23.0 Å². The van der Waals surface area contributed by atoms with Crippen LogP contribution < -0.4 is 14.2 Å². The number of ether oxygens (including phenoxy) is 4. The van der Waals surface area contributed by atoms with E-state index < -0.39 is 12.3 Å². The molecule has 3 aromatic rings. The van der Waals surface area contributed by atoms with Crippen LogP contribution in [0.3, 0.4) is 0 Å². The van der Waals surface area contributed by atoms with E-state index in [0.717, 1.165) is 17.1 Å². The van der Waals surface area contributed by atoms with Gasteiger partial charge in [0.15, 0.2) is 6.23 Å². The minimum Gasteiger partial charge on any atom is -0.496 e. The number of para-hydroxylation sites is 1. The second-order valence-corrected chi connectivity index (χ2v) is 7.23. The fraction of sp³-hybridized carbons (Fsp3) is 0.240. The number of carbonyl (C=O) groups is 1. The molecule has 4 rings (SSSR count). The third-order valence-corrected chi connectivity index (χ3v) is 5.22. The quantitative estimate of drug-likeness (QED) is 0.543. The minimum atomic E-state index is -0.603. The summed E-state index contributed by atoms with van der Waals surface area (Å²) in [4.78, 5) is 14.6. The summed E-state index contributed by atoms with van der Waals surface area (Å²) in [6.45, 7) is 2.15. The zero-order valence-corrected chi connectivity index (χ0v) is 17.8. The van der Waals surface area contributed by atoms with Gasteiger partial charge >= 0.3 is 0 Å². The molecule has 160 valence electrons. The minimum absolute atomic E-state index is 0.0810. The Bertz CT molecular complexity index is 1010. The van der Waals surface area contributed by atoms with Crippen molar-refractivity contribution in [2.75, 3.05) is 14.2 Å². The largest absolute Gasteiger partial charge is 0.496 e. The predicted octanol–water partition coefficient (Wildman–Crippen LogP) is 4.94. The van der Waals surface area contributed by atoms with E-state index in [1.165, 1.54) is 0 Å². The Balaban J connectivity index is 1.57. The molecule has 0 spiro atoms. The fourth-order valence-corrected chi connectivity index (χ4v) is 3.67. The van der Waals surface area contributed by atoms with Crippen LogP contribution in [0.2, 0.25) is 0 Å². The van der Waals surface area contributed by atoms with E-state index >= 15 is 0 Å². The lowest BCUT2D eigenvalue weighted by Crippen LogP contribution is -2.30. The first kappa shape index (κ1) is 20.8. The van der Waals surface area contributed by atoms with Gasteiger partial charge in [-0.2, -0.15) is 0 Å². The number of nitrogens with zero attached hydrogens (tertiary/aromatic N) is 1. The fourth-order valence-electron chi connectivity index (χ4n) is 3.67. The lowest BCUT2D eigenvalue weighted by Gasteiger charge is -2.26. The van der Waals surface area contributed by atoms with Gasteiger partial charge in [0.1, 0.15) is 29.1 Å². The van der Waals surface area contributed by atoms with Crippen molar-refractivity contribution in [3.8, 4) is 23.0 Å². The molecule has 0 aromatic heterocycles. The Morgan fingerprint density at radius 3 is 2.06 bits per heavy atom. The van der Waals surface area contributed by atoms with Crippen LogP contribution in [0, 0.1) is 0 Å². The van der Waals surface area contributed by atoms with Crippen LogP contribution in [0.15, 0.2) is 72.8 Å². The second-order valence-electron chi connectivity index (χ2n) is 7.23. The smallest absolute Gasteiger partial charge is 0.254 e. The number of carbonyl (C=O) groups excluding carboxylic acids is 1. The number of benzene rings is 3. The molecule has 6 heteroatoms. The molecular weight excluding hydrogens is 394 g/mol. The summed E-state index contributed by atoms with van der Waals surface area (Å²) in [5.74, 6) is 2.65. The zero-order valence-electron chi connectivity index (χ0n) is 17.8. The van der Waals surface area contributed by atoms with Gasteiger partial charge in [0, 0.05) is 6.54 Å². The third kappa shape index (κ3) is 4.34. The molecule has 1 saturated heterocycles. The molecule has 0 saturated carbocycles. The Labute approximate surface area is 181 Å². The van der Waals surface area contributed by atoms with Gasteiger partial charge < -0.3 is 23.8 Å². The van der Waals surface area contributed by atoms with Crippen molar-refractivity contribution < 1.29 is 23.7 Å². The number of methoxy groups -OCH3 is 2. The zero-order chi connectivity index (χ0) is 21.8. The van der Waals surface area contributed by atoms with Gasteiger partial charge in [0.25, 0.3) is 5.91 Å². The number of amides is 1. The number of hydrogen-bond acceptors (Lipinski definition) is 5. The van der Waals surface area contributed by atoms with Crippen LogP contribution in [0.1, 0.15) is 24.3 Å². The first-order valence-electron chi connectivity index (χ1n) is 10.1. The first-order valence-corrected chi connectivity index (χ1v) is 10.1. The Morgan fingerprint density at radius 1 is 0.839 bits per heavy atom. The lowest BCUT2D eigenvalue weighted by atomic mass is 10.1. The van der Waals surface area contributed by atoms with Crippen LogP contribution in [0.25, 0.3) is 0 Å². The second kappa shape index (κ2) is 9.10. The molecule has 1 aliphatic rings. The van der Waals surface area contributed by atoms with E-state index in [9.17, 15) is 4.79 Å². The summed E-state index contributed by atoms with van der Waals surface area (Å²) in [6, 6.07) is 22.8. The predicted molar refractivity (Wildman–Crippen MR) is 116 cm³/mol. The monoisotopic (exact) mass is 419 g/mol. The maximum atomic E-state index is 12.9.